The largest absolute Gasteiger partial charge is 0.481 e. The number of amides is 2. The van der Waals surface area contributed by atoms with Crippen molar-refractivity contribution in [2.45, 2.75) is 65.0 Å². The average molecular weight is 467 g/mol. The summed E-state index contributed by atoms with van der Waals surface area (Å²) in [5, 5.41) is 3.01. The third kappa shape index (κ3) is 5.78. The predicted molar refractivity (Wildman–Crippen MR) is 130 cm³/mol. The van der Waals surface area contributed by atoms with Crippen molar-refractivity contribution in [2.24, 2.45) is 11.8 Å². The number of nitrogens with one attached hydrogen (secondary N) is 1. The molecule has 2 aromatic rings. The highest BCUT2D eigenvalue weighted by molar-refractivity contribution is 5.81. The van der Waals surface area contributed by atoms with Crippen molar-refractivity contribution in [3.63, 3.8) is 0 Å². The van der Waals surface area contributed by atoms with Gasteiger partial charge in [0.15, 0.2) is 6.10 Å². The molecule has 1 aliphatic heterocycles. The molecule has 182 valence electrons. The van der Waals surface area contributed by atoms with Crippen LogP contribution in [0.5, 0.6) is 5.75 Å². The van der Waals surface area contributed by atoms with Gasteiger partial charge >= 0.3 is 0 Å². The van der Waals surface area contributed by atoms with Gasteiger partial charge in [0.1, 0.15) is 11.6 Å². The van der Waals surface area contributed by atoms with Crippen molar-refractivity contribution in [1.82, 2.24) is 10.2 Å². The van der Waals surface area contributed by atoms with Crippen LogP contribution in [0.2, 0.25) is 0 Å². The molecule has 1 fully saturated rings. The van der Waals surface area contributed by atoms with E-state index in [1.165, 1.54) is 25.0 Å². The lowest BCUT2D eigenvalue weighted by Crippen LogP contribution is -2.41. The zero-order valence-electron chi connectivity index (χ0n) is 20.4. The quantitative estimate of drug-likeness (QED) is 0.564. The van der Waals surface area contributed by atoms with Crippen molar-refractivity contribution in [3.05, 3.63) is 65.0 Å². The number of ether oxygens (including phenoxy) is 1. The van der Waals surface area contributed by atoms with Crippen LogP contribution in [-0.2, 0) is 16.0 Å². The van der Waals surface area contributed by atoms with Gasteiger partial charge in [0.05, 0.1) is 6.04 Å². The molecule has 0 radical (unpaired) electrons. The van der Waals surface area contributed by atoms with Gasteiger partial charge in [-0.2, -0.15) is 0 Å². The first-order valence-corrected chi connectivity index (χ1v) is 12.5. The van der Waals surface area contributed by atoms with Crippen LogP contribution in [0.3, 0.4) is 0 Å². The van der Waals surface area contributed by atoms with E-state index < -0.39 is 6.10 Å². The molecule has 6 heteroatoms. The Morgan fingerprint density at radius 1 is 1.15 bits per heavy atom. The molecule has 2 aliphatic rings. The molecule has 5 nitrogen and oxygen atoms in total. The summed E-state index contributed by atoms with van der Waals surface area (Å²) in [4.78, 5) is 27.7. The van der Waals surface area contributed by atoms with Crippen LogP contribution >= 0.6 is 0 Å². The molecular formula is C28H35FN2O3. The molecule has 2 atom stereocenters. The van der Waals surface area contributed by atoms with Crippen LogP contribution in [0.4, 0.5) is 4.39 Å². The van der Waals surface area contributed by atoms with E-state index >= 15 is 0 Å². The lowest BCUT2D eigenvalue weighted by molar-refractivity contribution is -0.134. The first-order valence-electron chi connectivity index (χ1n) is 12.5. The molecular weight excluding hydrogens is 431 g/mol. The Balaban J connectivity index is 1.62. The van der Waals surface area contributed by atoms with Gasteiger partial charge in [0.2, 0.25) is 5.91 Å². The number of benzene rings is 2. The number of nitrogens with zero attached hydrogens (tertiary/aromatic N) is 1. The third-order valence-electron chi connectivity index (χ3n) is 6.64. The molecule has 1 saturated carbocycles. The fraction of sp³-hybridized carbons (Fsp3) is 0.500. The molecule has 34 heavy (non-hydrogen) atoms. The van der Waals surface area contributed by atoms with Crippen molar-refractivity contribution in [3.8, 4) is 5.75 Å². The van der Waals surface area contributed by atoms with Gasteiger partial charge in [0.25, 0.3) is 5.91 Å². The molecule has 0 saturated heterocycles. The minimum absolute atomic E-state index is 0.0871. The molecule has 0 aromatic heterocycles. The second-order valence-corrected chi connectivity index (χ2v) is 9.95. The first-order chi connectivity index (χ1) is 16.4. The topological polar surface area (TPSA) is 58.6 Å². The second kappa shape index (κ2) is 10.6. The zero-order chi connectivity index (χ0) is 24.2. The summed E-state index contributed by atoms with van der Waals surface area (Å²) >= 11 is 0. The van der Waals surface area contributed by atoms with E-state index in [0.717, 1.165) is 23.1 Å². The van der Waals surface area contributed by atoms with Crippen LogP contribution in [0.25, 0.3) is 0 Å². The van der Waals surface area contributed by atoms with Gasteiger partial charge in [-0.15, -0.1) is 0 Å². The van der Waals surface area contributed by atoms with Gasteiger partial charge < -0.3 is 15.0 Å². The fourth-order valence-electron chi connectivity index (χ4n) is 4.57. The Morgan fingerprint density at radius 2 is 1.88 bits per heavy atom. The molecule has 0 bridgehead atoms. The van der Waals surface area contributed by atoms with E-state index in [1.807, 2.05) is 43.9 Å². The predicted octanol–water partition coefficient (Wildman–Crippen LogP) is 5.03. The van der Waals surface area contributed by atoms with Gasteiger partial charge in [-0.25, -0.2) is 4.39 Å². The van der Waals surface area contributed by atoms with Gasteiger partial charge in [-0.3, -0.25) is 9.59 Å². The molecule has 4 rings (SSSR count). The van der Waals surface area contributed by atoms with E-state index in [4.69, 9.17) is 4.74 Å². The van der Waals surface area contributed by atoms with Crippen LogP contribution in [-0.4, -0.2) is 35.9 Å². The second-order valence-electron chi connectivity index (χ2n) is 9.95. The van der Waals surface area contributed by atoms with Crippen molar-refractivity contribution in [2.75, 3.05) is 13.1 Å². The highest BCUT2D eigenvalue weighted by Gasteiger charge is 2.33. The maximum absolute atomic E-state index is 13.7. The fourth-order valence-corrected chi connectivity index (χ4v) is 4.57. The summed E-state index contributed by atoms with van der Waals surface area (Å²) < 4.78 is 19.8. The summed E-state index contributed by atoms with van der Waals surface area (Å²) in [6.07, 6.45) is 3.56. The van der Waals surface area contributed by atoms with E-state index in [0.29, 0.717) is 37.6 Å². The van der Waals surface area contributed by atoms with Gasteiger partial charge in [-0.05, 0) is 78.5 Å². The molecule has 2 amide bonds. The first kappa shape index (κ1) is 24.2. The Labute approximate surface area is 201 Å². The molecule has 1 aliphatic carbocycles. The van der Waals surface area contributed by atoms with Crippen molar-refractivity contribution >= 4 is 11.8 Å². The highest BCUT2D eigenvalue weighted by atomic mass is 19.1. The molecule has 2 aromatic carbocycles. The SMILES string of the molecule is CC[C@H](Oc1ccc2c(c1)[C@@H](c1ccc(F)cc1)N(C(=O)CC(C)C)CC2)C(=O)NCC1CC1. The van der Waals surface area contributed by atoms with Crippen LogP contribution in [0.1, 0.15) is 69.2 Å². The zero-order valence-corrected chi connectivity index (χ0v) is 20.4. The lowest BCUT2D eigenvalue weighted by atomic mass is 9.87. The summed E-state index contributed by atoms with van der Waals surface area (Å²) in [6.45, 7) is 7.33. The third-order valence-corrected chi connectivity index (χ3v) is 6.64. The Hall–Kier alpha value is -2.89. The number of hydrogen-bond donors (Lipinski definition) is 1. The Kier molecular flexibility index (Phi) is 7.54. The Bertz CT molecular complexity index is 1020. The number of halogens is 1. The maximum atomic E-state index is 13.7. The van der Waals surface area contributed by atoms with Crippen LogP contribution < -0.4 is 10.1 Å². The highest BCUT2D eigenvalue weighted by Crippen LogP contribution is 2.38. The van der Waals surface area contributed by atoms with Gasteiger partial charge in [-0.1, -0.05) is 39.0 Å². The van der Waals surface area contributed by atoms with E-state index in [-0.39, 0.29) is 29.6 Å². The van der Waals surface area contributed by atoms with E-state index in [2.05, 4.69) is 5.32 Å². The standard InChI is InChI=1S/C28H35FN2O3/c1-4-25(28(33)30-17-19-5-6-19)34-23-12-9-20-13-14-31(26(32)15-18(2)3)27(24(20)16-23)21-7-10-22(29)11-8-21/h7-12,16,18-19,25,27H,4-6,13-15,17H2,1-3H3,(H,30,33)/t25-,27+/m0/s1. The minimum Gasteiger partial charge on any atom is -0.481 e. The monoisotopic (exact) mass is 466 g/mol. The average Bonchev–Trinajstić information content (AvgIpc) is 3.65. The van der Waals surface area contributed by atoms with Crippen molar-refractivity contribution in [1.29, 1.82) is 0 Å². The molecule has 1 N–H and O–H groups in total. The van der Waals surface area contributed by atoms with Crippen LogP contribution in [0, 0.1) is 17.7 Å². The summed E-state index contributed by atoms with van der Waals surface area (Å²) in [5.74, 6) is 1.16. The number of rotatable bonds is 9. The minimum atomic E-state index is -0.566. The molecule has 0 spiro atoms. The maximum Gasteiger partial charge on any atom is 0.261 e. The number of carbonyl (C=O) groups excluding carboxylic acids is 2. The number of carbonyl (C=O) groups is 2. The van der Waals surface area contributed by atoms with E-state index in [9.17, 15) is 14.0 Å². The number of fused-ring (bicyclic) bond motifs is 1. The molecule has 0 unspecified atom stereocenters. The van der Waals surface area contributed by atoms with Crippen LogP contribution in [0.15, 0.2) is 42.5 Å². The van der Waals surface area contributed by atoms with Gasteiger partial charge in [0, 0.05) is 19.5 Å². The summed E-state index contributed by atoms with van der Waals surface area (Å²) in [5.41, 5.74) is 2.98. The smallest absolute Gasteiger partial charge is 0.261 e. The number of hydrogen-bond acceptors (Lipinski definition) is 3. The van der Waals surface area contributed by atoms with E-state index in [1.54, 1.807) is 12.1 Å². The molecule has 1 heterocycles. The lowest BCUT2D eigenvalue weighted by Gasteiger charge is -2.38. The Morgan fingerprint density at radius 3 is 2.53 bits per heavy atom. The van der Waals surface area contributed by atoms with Crippen molar-refractivity contribution < 1.29 is 18.7 Å². The summed E-state index contributed by atoms with van der Waals surface area (Å²) in [7, 11) is 0. The summed E-state index contributed by atoms with van der Waals surface area (Å²) in [6, 6.07) is 11.9. The normalized spacial score (nSPS) is 18.4.